The van der Waals surface area contributed by atoms with Crippen LogP contribution in [-0.4, -0.2) is 11.6 Å². The minimum absolute atomic E-state index is 0.212. The van der Waals surface area contributed by atoms with Crippen LogP contribution in [0.5, 0.6) is 0 Å². The van der Waals surface area contributed by atoms with Gasteiger partial charge in [0.05, 0.1) is 11.3 Å². The number of fused-ring (bicyclic) bond motifs is 4. The average molecular weight is 558 g/mol. The summed E-state index contributed by atoms with van der Waals surface area (Å²) in [5.41, 5.74) is 3.32. The average Bonchev–Trinajstić information content (AvgIpc) is 3.59. The van der Waals surface area contributed by atoms with Crippen molar-refractivity contribution in [2.75, 3.05) is 4.90 Å². The molecule has 0 radical (unpaired) electrons. The molecule has 1 aromatic heterocycles. The second kappa shape index (κ2) is 9.65. The first-order valence-corrected chi connectivity index (χ1v) is 14.7. The molecule has 0 atom stereocenters. The Balaban J connectivity index is 1.28. The van der Waals surface area contributed by atoms with Crippen LogP contribution in [0, 0.1) is 0 Å². The first-order valence-electron chi connectivity index (χ1n) is 13.9. The molecule has 1 heterocycles. The summed E-state index contributed by atoms with van der Waals surface area (Å²) >= 11 is 1.57. The Morgan fingerprint density at radius 2 is 1.05 bits per heavy atom. The number of thiophene rings is 1. The van der Waals surface area contributed by atoms with E-state index in [4.69, 9.17) is 0 Å². The fraction of sp³-hybridized carbons (Fsp3) is 0. The first kappa shape index (κ1) is 24.5. The minimum Gasteiger partial charge on any atom is -0.301 e. The summed E-state index contributed by atoms with van der Waals surface area (Å²) < 4.78 is 0. The van der Waals surface area contributed by atoms with Crippen molar-refractivity contribution >= 4 is 77.7 Å². The van der Waals surface area contributed by atoms with Crippen molar-refractivity contribution in [3.8, 4) is 0 Å². The molecule has 3 nitrogen and oxygen atoms in total. The van der Waals surface area contributed by atoms with Gasteiger partial charge < -0.3 is 4.90 Å². The Morgan fingerprint density at radius 1 is 0.524 bits per heavy atom. The zero-order chi connectivity index (χ0) is 28.2. The van der Waals surface area contributed by atoms with E-state index in [1.807, 2.05) is 60.7 Å². The Bertz CT molecular complexity index is 2130. The second-order valence-corrected chi connectivity index (χ2v) is 11.6. The molecule has 0 spiro atoms. The van der Waals surface area contributed by atoms with E-state index >= 15 is 0 Å². The number of carbonyl (C=O) groups excluding carboxylic acids is 2. The van der Waals surface area contributed by atoms with Crippen molar-refractivity contribution in [2.24, 2.45) is 0 Å². The van der Waals surface area contributed by atoms with E-state index in [-0.39, 0.29) is 17.1 Å². The fourth-order valence-corrected chi connectivity index (χ4v) is 6.98. The second-order valence-electron chi connectivity index (χ2n) is 10.5. The number of para-hydroxylation sites is 1. The number of nitrogens with zero attached hydrogens (tertiary/aromatic N) is 1. The Labute approximate surface area is 246 Å². The maximum Gasteiger partial charge on any atom is 0.197 e. The first-order chi connectivity index (χ1) is 20.7. The van der Waals surface area contributed by atoms with Gasteiger partial charge in [-0.25, -0.2) is 0 Å². The number of carbonyl (C=O) groups is 2. The van der Waals surface area contributed by atoms with E-state index in [0.29, 0.717) is 11.1 Å². The van der Waals surface area contributed by atoms with Gasteiger partial charge in [-0.3, -0.25) is 9.59 Å². The standard InChI is InChI=1S/C38H23NO2S/c40-37-32-21-24-10-4-5-11-25(24)22-33(32)38(41)34(37)23-29-18-19-35(42-29)39(28-14-2-1-3-15-28)36-30-16-8-6-12-26(30)20-27-13-7-9-17-31(27)36/h1-23H. The third kappa shape index (κ3) is 3.88. The molecular weight excluding hydrogens is 534 g/mol. The van der Waals surface area contributed by atoms with E-state index < -0.39 is 0 Å². The number of ketones is 2. The topological polar surface area (TPSA) is 37.4 Å². The Morgan fingerprint density at radius 3 is 1.64 bits per heavy atom. The monoisotopic (exact) mass is 557 g/mol. The molecule has 0 unspecified atom stereocenters. The largest absolute Gasteiger partial charge is 0.301 e. The highest BCUT2D eigenvalue weighted by atomic mass is 32.1. The number of anilines is 3. The van der Waals surface area contributed by atoms with Gasteiger partial charge in [-0.1, -0.05) is 91.0 Å². The van der Waals surface area contributed by atoms with Crippen molar-refractivity contribution < 1.29 is 9.59 Å². The molecule has 42 heavy (non-hydrogen) atoms. The highest BCUT2D eigenvalue weighted by molar-refractivity contribution is 7.17. The zero-order valence-electron chi connectivity index (χ0n) is 22.5. The van der Waals surface area contributed by atoms with Gasteiger partial charge in [0.1, 0.15) is 5.00 Å². The van der Waals surface area contributed by atoms with Gasteiger partial charge in [0.25, 0.3) is 0 Å². The normalized spacial score (nSPS) is 12.8. The van der Waals surface area contributed by atoms with Gasteiger partial charge in [-0.2, -0.15) is 0 Å². The minimum atomic E-state index is -0.212. The van der Waals surface area contributed by atoms with Gasteiger partial charge >= 0.3 is 0 Å². The molecule has 4 heteroatoms. The van der Waals surface area contributed by atoms with Gasteiger partial charge in [0.15, 0.2) is 11.6 Å². The van der Waals surface area contributed by atoms with Crippen molar-refractivity contribution in [2.45, 2.75) is 0 Å². The maximum absolute atomic E-state index is 13.4. The van der Waals surface area contributed by atoms with Gasteiger partial charge in [-0.05, 0) is 70.1 Å². The summed E-state index contributed by atoms with van der Waals surface area (Å²) in [6.07, 6.45) is 1.76. The molecule has 198 valence electrons. The summed E-state index contributed by atoms with van der Waals surface area (Å²) in [6.45, 7) is 0. The Kier molecular flexibility index (Phi) is 5.62. The molecule has 7 aromatic rings. The van der Waals surface area contributed by atoms with Crippen LogP contribution in [-0.2, 0) is 0 Å². The number of hydrogen-bond donors (Lipinski definition) is 0. The van der Waals surface area contributed by atoms with Crippen molar-refractivity contribution in [3.05, 3.63) is 155 Å². The molecular formula is C38H23NO2S. The van der Waals surface area contributed by atoms with Gasteiger partial charge in [-0.15, -0.1) is 11.3 Å². The summed E-state index contributed by atoms with van der Waals surface area (Å²) in [6, 6.07) is 45.1. The summed E-state index contributed by atoms with van der Waals surface area (Å²) in [5.74, 6) is -0.425. The third-order valence-electron chi connectivity index (χ3n) is 7.96. The number of benzene rings is 6. The number of hydrogen-bond acceptors (Lipinski definition) is 4. The van der Waals surface area contributed by atoms with Crippen LogP contribution in [0.1, 0.15) is 25.6 Å². The highest BCUT2D eigenvalue weighted by Gasteiger charge is 2.33. The van der Waals surface area contributed by atoms with Gasteiger partial charge in [0.2, 0.25) is 0 Å². The Hall–Kier alpha value is -5.32. The lowest BCUT2D eigenvalue weighted by Gasteiger charge is -2.27. The summed E-state index contributed by atoms with van der Waals surface area (Å²) in [4.78, 5) is 30.0. The lowest BCUT2D eigenvalue weighted by molar-refractivity contribution is 0.0990. The molecule has 8 rings (SSSR count). The van der Waals surface area contributed by atoms with Crippen LogP contribution in [0.4, 0.5) is 16.4 Å². The molecule has 0 saturated carbocycles. The number of rotatable bonds is 4. The quantitative estimate of drug-likeness (QED) is 0.123. The van der Waals surface area contributed by atoms with Crippen LogP contribution in [0.15, 0.2) is 139 Å². The van der Waals surface area contributed by atoms with Crippen LogP contribution in [0.2, 0.25) is 0 Å². The SMILES string of the molecule is O=C1C(=Cc2ccc(N(c3ccccc3)c3c4ccccc4cc4ccccc34)s2)C(=O)c2cc3ccccc3cc21. The van der Waals surface area contributed by atoms with Crippen molar-refractivity contribution in [1.29, 1.82) is 0 Å². The smallest absolute Gasteiger partial charge is 0.197 e. The van der Waals surface area contributed by atoms with Crippen molar-refractivity contribution in [1.82, 2.24) is 0 Å². The van der Waals surface area contributed by atoms with E-state index in [2.05, 4.69) is 77.7 Å². The summed E-state index contributed by atoms with van der Waals surface area (Å²) in [7, 11) is 0. The molecule has 0 amide bonds. The lowest BCUT2D eigenvalue weighted by Crippen LogP contribution is -2.09. The molecule has 0 aliphatic heterocycles. The molecule has 6 aromatic carbocycles. The van der Waals surface area contributed by atoms with Crippen LogP contribution in [0.3, 0.4) is 0 Å². The molecule has 0 saturated heterocycles. The van der Waals surface area contributed by atoms with E-state index in [1.54, 1.807) is 17.4 Å². The lowest BCUT2D eigenvalue weighted by atomic mass is 9.99. The predicted octanol–water partition coefficient (Wildman–Crippen LogP) is 10.1. The van der Waals surface area contributed by atoms with E-state index in [1.165, 1.54) is 10.8 Å². The molecule has 1 aliphatic rings. The third-order valence-corrected chi connectivity index (χ3v) is 8.98. The van der Waals surface area contributed by atoms with Crippen molar-refractivity contribution in [3.63, 3.8) is 0 Å². The molecule has 0 fully saturated rings. The molecule has 0 N–H and O–H groups in total. The van der Waals surface area contributed by atoms with E-state index in [9.17, 15) is 9.59 Å². The van der Waals surface area contributed by atoms with Crippen LogP contribution >= 0.6 is 11.3 Å². The highest BCUT2D eigenvalue weighted by Crippen LogP contribution is 2.46. The van der Waals surface area contributed by atoms with Gasteiger partial charge in [0, 0.05) is 32.5 Å². The zero-order valence-corrected chi connectivity index (χ0v) is 23.3. The number of Topliss-reactive ketones (excluding diaryl/α,β-unsaturated/α-hetero) is 2. The molecule has 1 aliphatic carbocycles. The maximum atomic E-state index is 13.4. The van der Waals surface area contributed by atoms with E-state index in [0.717, 1.165) is 42.8 Å². The van der Waals surface area contributed by atoms with Crippen LogP contribution < -0.4 is 4.90 Å². The molecule has 0 bridgehead atoms. The summed E-state index contributed by atoms with van der Waals surface area (Å²) in [5, 5.41) is 7.54. The number of allylic oxidation sites excluding steroid dienone is 1. The fourth-order valence-electron chi connectivity index (χ4n) is 6.00. The predicted molar refractivity (Wildman–Crippen MR) is 175 cm³/mol. The van der Waals surface area contributed by atoms with Crippen LogP contribution in [0.25, 0.3) is 38.4 Å².